The first kappa shape index (κ1) is 15.6. The average molecular weight is 348 g/mol. The zero-order chi connectivity index (χ0) is 10.2. The van der Waals surface area contributed by atoms with Crippen LogP contribution in [0.25, 0.3) is 0 Å². The van der Waals surface area contributed by atoms with Gasteiger partial charge in [0.15, 0.2) is 0 Å². The summed E-state index contributed by atoms with van der Waals surface area (Å²) in [7, 11) is 0. The Kier molecular flexibility index (Phi) is 5.53. The Morgan fingerprint density at radius 2 is 0.846 bits per heavy atom. The fourth-order valence-electron chi connectivity index (χ4n) is 0.808. The molecular formula is C12H20W. The molecule has 0 heterocycles. The zero-order valence-electron chi connectivity index (χ0n) is 9.56. The van der Waals surface area contributed by atoms with E-state index in [-0.39, 0.29) is 31.9 Å². The molecule has 0 rings (SSSR count). The molecular weight excluding hydrogens is 328 g/mol. The van der Waals surface area contributed by atoms with Crippen LogP contribution in [0.15, 0.2) is 11.1 Å². The molecule has 0 spiro atoms. The second-order valence-corrected chi connectivity index (χ2v) is 5.33. The second kappa shape index (κ2) is 4.60. The van der Waals surface area contributed by atoms with E-state index in [9.17, 15) is 0 Å². The molecule has 0 nitrogen and oxygen atoms in total. The molecule has 0 aromatic carbocycles. The molecule has 1 heteroatoms. The van der Waals surface area contributed by atoms with E-state index < -0.39 is 0 Å². The molecule has 0 atom stereocenters. The fraction of sp³-hybridized carbons (Fsp3) is 0.667. The van der Waals surface area contributed by atoms with E-state index in [0.717, 1.165) is 11.1 Å². The normalized spacial score (nSPS) is 11.8. The van der Waals surface area contributed by atoms with E-state index in [1.807, 2.05) is 0 Å². The van der Waals surface area contributed by atoms with E-state index in [4.69, 9.17) is 13.2 Å². The number of hydrogen-bond donors (Lipinski definition) is 0. The Balaban J connectivity index is 0. The maximum Gasteiger partial charge on any atom is 2.00 e. The maximum absolute atomic E-state index is 5.94. The molecule has 0 aromatic rings. The van der Waals surface area contributed by atoms with Gasteiger partial charge < -0.3 is 24.3 Å². The molecule has 0 saturated carbocycles. The van der Waals surface area contributed by atoms with Crippen molar-refractivity contribution in [1.29, 1.82) is 0 Å². The molecule has 0 unspecified atom stereocenters. The first-order valence-electron chi connectivity index (χ1n) is 4.33. The van der Waals surface area contributed by atoms with Gasteiger partial charge in [-0.15, -0.1) is 10.8 Å². The molecule has 0 aliphatic carbocycles. The summed E-state index contributed by atoms with van der Waals surface area (Å²) in [5.41, 5.74) is 1.54. The van der Waals surface area contributed by atoms with Crippen molar-refractivity contribution in [3.63, 3.8) is 0 Å². The number of rotatable bonds is 1. The molecule has 0 bridgehead atoms. The molecule has 13 heavy (non-hydrogen) atoms. The fourth-order valence-corrected chi connectivity index (χ4v) is 0.808. The number of hydrogen-bond acceptors (Lipinski definition) is 0. The van der Waals surface area contributed by atoms with Crippen molar-refractivity contribution in [2.45, 2.75) is 41.5 Å². The van der Waals surface area contributed by atoms with Crippen LogP contribution in [-0.2, 0) is 21.1 Å². The van der Waals surface area contributed by atoms with Crippen LogP contribution in [0.2, 0.25) is 0 Å². The summed E-state index contributed by atoms with van der Waals surface area (Å²) in [5.74, 6) is 0. The average Bonchev–Trinajstić information content (AvgIpc) is 1.80. The molecule has 0 saturated heterocycles. The van der Waals surface area contributed by atoms with E-state index in [1.165, 1.54) is 0 Å². The third kappa shape index (κ3) is 4.81. The van der Waals surface area contributed by atoms with Gasteiger partial charge in [0, 0.05) is 0 Å². The van der Waals surface area contributed by atoms with Crippen molar-refractivity contribution in [1.82, 2.24) is 0 Å². The maximum atomic E-state index is 5.94. The second-order valence-electron chi connectivity index (χ2n) is 5.33. The summed E-state index contributed by atoms with van der Waals surface area (Å²) in [5, 5.41) is 0. The summed E-state index contributed by atoms with van der Waals surface area (Å²) in [6.45, 7) is 24.3. The predicted molar refractivity (Wildman–Crippen MR) is 54.5 cm³/mol. The van der Waals surface area contributed by atoms with E-state index in [0.29, 0.717) is 0 Å². The zero-order valence-corrected chi connectivity index (χ0v) is 12.5. The Morgan fingerprint density at radius 3 is 0.923 bits per heavy atom. The van der Waals surface area contributed by atoms with Crippen molar-refractivity contribution in [3.05, 3.63) is 24.3 Å². The standard InChI is InChI=1S/C12H20.W/c1-9(11(3,4)5)10(2)12(6,7)8;/h1-2H,3-8H3;/q-2;+2. The van der Waals surface area contributed by atoms with Crippen molar-refractivity contribution < 1.29 is 21.1 Å². The first-order chi connectivity index (χ1) is 5.07. The van der Waals surface area contributed by atoms with E-state index >= 15 is 0 Å². The summed E-state index contributed by atoms with van der Waals surface area (Å²) in [4.78, 5) is 0. The molecule has 0 fully saturated rings. The van der Waals surface area contributed by atoms with Gasteiger partial charge >= 0.3 is 21.1 Å². The van der Waals surface area contributed by atoms with Crippen LogP contribution in [0.1, 0.15) is 41.5 Å². The van der Waals surface area contributed by atoms with Crippen molar-refractivity contribution in [3.8, 4) is 0 Å². The van der Waals surface area contributed by atoms with Gasteiger partial charge in [-0.3, -0.25) is 0 Å². The van der Waals surface area contributed by atoms with Gasteiger partial charge in [0.05, 0.1) is 0 Å². The van der Waals surface area contributed by atoms with Crippen LogP contribution in [0.4, 0.5) is 0 Å². The molecule has 0 aromatic heterocycles. The van der Waals surface area contributed by atoms with E-state index in [1.54, 1.807) is 0 Å². The van der Waals surface area contributed by atoms with Crippen LogP contribution in [0.3, 0.4) is 0 Å². The van der Waals surface area contributed by atoms with Gasteiger partial charge in [-0.05, 0) is 0 Å². The van der Waals surface area contributed by atoms with Gasteiger partial charge in [-0.1, -0.05) is 41.5 Å². The quantitative estimate of drug-likeness (QED) is 0.500. The molecule has 0 radical (unpaired) electrons. The molecule has 0 amide bonds. The first-order valence-corrected chi connectivity index (χ1v) is 4.33. The minimum Gasteiger partial charge on any atom is -0.390 e. The monoisotopic (exact) mass is 348 g/mol. The molecule has 0 aliphatic heterocycles. The van der Waals surface area contributed by atoms with Gasteiger partial charge in [0.1, 0.15) is 0 Å². The SMILES string of the molecule is [CH-]=C(C(=[CH-])C(C)(C)C)C(C)(C)C.[W+2]. The molecule has 74 valence electrons. The van der Waals surface area contributed by atoms with Crippen LogP contribution >= 0.6 is 0 Å². The Hall–Kier alpha value is 0.168. The Morgan fingerprint density at radius 1 is 0.692 bits per heavy atom. The van der Waals surface area contributed by atoms with Crippen LogP contribution in [-0.4, -0.2) is 0 Å². The van der Waals surface area contributed by atoms with Gasteiger partial charge in [0.2, 0.25) is 0 Å². The molecule has 0 aliphatic rings. The third-order valence-corrected chi connectivity index (χ3v) is 1.91. The Bertz CT molecular complexity index is 174. The summed E-state index contributed by atoms with van der Waals surface area (Å²) in [6, 6.07) is 0. The number of allylic oxidation sites excluding steroid dienone is 2. The Labute approximate surface area is 97.8 Å². The van der Waals surface area contributed by atoms with Crippen molar-refractivity contribution >= 4 is 0 Å². The van der Waals surface area contributed by atoms with Gasteiger partial charge in [-0.2, -0.15) is 0 Å². The minimum atomic E-state index is -0.0304. The van der Waals surface area contributed by atoms with Crippen LogP contribution in [0.5, 0.6) is 0 Å². The third-order valence-electron chi connectivity index (χ3n) is 1.91. The summed E-state index contributed by atoms with van der Waals surface area (Å²) < 4.78 is 0. The largest absolute Gasteiger partial charge is 2.00 e. The van der Waals surface area contributed by atoms with Crippen molar-refractivity contribution in [2.24, 2.45) is 10.8 Å². The topological polar surface area (TPSA) is 0 Å². The van der Waals surface area contributed by atoms with Crippen molar-refractivity contribution in [2.75, 3.05) is 0 Å². The van der Waals surface area contributed by atoms with E-state index in [2.05, 4.69) is 41.5 Å². The summed E-state index contributed by atoms with van der Waals surface area (Å²) in [6.07, 6.45) is 0. The van der Waals surface area contributed by atoms with Gasteiger partial charge in [0.25, 0.3) is 0 Å². The molecule has 0 N–H and O–H groups in total. The van der Waals surface area contributed by atoms with Gasteiger partial charge in [-0.25, -0.2) is 0 Å². The van der Waals surface area contributed by atoms with Crippen LogP contribution < -0.4 is 0 Å². The smallest absolute Gasteiger partial charge is 0.390 e. The summed E-state index contributed by atoms with van der Waals surface area (Å²) >= 11 is 0. The minimum absolute atomic E-state index is 0. The predicted octanol–water partition coefficient (Wildman–Crippen LogP) is 3.79. The van der Waals surface area contributed by atoms with Crippen LogP contribution in [0, 0.1) is 24.0 Å².